The lowest BCUT2D eigenvalue weighted by Gasteiger charge is -2.14. The van der Waals surface area contributed by atoms with Gasteiger partial charge in [-0.1, -0.05) is 13.8 Å². The third kappa shape index (κ3) is 1.90. The van der Waals surface area contributed by atoms with Gasteiger partial charge in [0.15, 0.2) is 29.4 Å². The molecule has 3 nitrogen and oxygen atoms in total. The van der Waals surface area contributed by atoms with Crippen LogP contribution in [0.4, 0.5) is 0 Å². The summed E-state index contributed by atoms with van der Waals surface area (Å²) in [5.41, 5.74) is 1.05. The van der Waals surface area contributed by atoms with Crippen molar-refractivity contribution in [3.05, 3.63) is 30.1 Å². The first-order chi connectivity index (χ1) is 8.43. The van der Waals surface area contributed by atoms with E-state index >= 15 is 0 Å². The first-order valence-corrected chi connectivity index (χ1v) is 6.32. The molecule has 0 aliphatic carbocycles. The molecule has 0 aliphatic rings. The molecule has 0 saturated carbocycles. The molecule has 0 bridgehead atoms. The maximum Gasteiger partial charge on any atom is 0.195 e. The predicted molar refractivity (Wildman–Crippen MR) is 71.9 cm³/mol. The highest BCUT2D eigenvalue weighted by atomic mass is 16.3. The molecule has 3 heteroatoms. The maximum absolute atomic E-state index is 10.1. The summed E-state index contributed by atoms with van der Waals surface area (Å²) in [5.74, 6) is 0.181. The van der Waals surface area contributed by atoms with E-state index in [-0.39, 0.29) is 17.4 Å². The van der Waals surface area contributed by atoms with Crippen molar-refractivity contribution < 1.29 is 14.8 Å². The van der Waals surface area contributed by atoms with E-state index in [2.05, 4.69) is 32.3 Å². The van der Waals surface area contributed by atoms with Gasteiger partial charge in [-0.05, 0) is 31.4 Å². The Morgan fingerprint density at radius 2 is 1.67 bits per heavy atom. The van der Waals surface area contributed by atoms with Gasteiger partial charge < -0.3 is 10.2 Å². The van der Waals surface area contributed by atoms with Gasteiger partial charge >= 0.3 is 0 Å². The first kappa shape index (κ1) is 12.7. The van der Waals surface area contributed by atoms with Gasteiger partial charge in [-0.3, -0.25) is 0 Å². The van der Waals surface area contributed by atoms with Crippen LogP contribution in [-0.4, -0.2) is 10.2 Å². The summed E-state index contributed by atoms with van der Waals surface area (Å²) in [7, 11) is 0. The van der Waals surface area contributed by atoms with Gasteiger partial charge in [0.25, 0.3) is 0 Å². The van der Waals surface area contributed by atoms with E-state index in [9.17, 15) is 10.2 Å². The molecule has 96 valence electrons. The third-order valence-electron chi connectivity index (χ3n) is 3.24. The summed E-state index contributed by atoms with van der Waals surface area (Å²) in [4.78, 5) is 0. The normalized spacial score (nSPS) is 11.7. The molecule has 0 fully saturated rings. The van der Waals surface area contributed by atoms with Gasteiger partial charge in [0.05, 0.1) is 5.39 Å². The van der Waals surface area contributed by atoms with Gasteiger partial charge in [-0.2, -0.15) is 4.57 Å². The molecule has 2 aromatic rings. The Hall–Kier alpha value is -1.77. The van der Waals surface area contributed by atoms with Crippen LogP contribution < -0.4 is 4.57 Å². The highest BCUT2D eigenvalue weighted by Gasteiger charge is 2.24. The maximum atomic E-state index is 10.1. The molecule has 0 saturated heterocycles. The summed E-state index contributed by atoms with van der Waals surface area (Å²) in [6.45, 7) is 8.41. The van der Waals surface area contributed by atoms with Crippen LogP contribution in [0.25, 0.3) is 10.8 Å². The highest BCUT2D eigenvalue weighted by molar-refractivity contribution is 5.91. The van der Waals surface area contributed by atoms with E-state index in [1.165, 1.54) is 6.07 Å². The zero-order valence-corrected chi connectivity index (χ0v) is 11.3. The molecule has 2 rings (SSSR count). The van der Waals surface area contributed by atoms with Gasteiger partial charge in [0, 0.05) is 12.0 Å². The fraction of sp³-hybridized carbons (Fsp3) is 0.400. The number of aromatic nitrogens is 1. The molecule has 0 atom stereocenters. The Morgan fingerprint density at radius 3 is 2.22 bits per heavy atom. The van der Waals surface area contributed by atoms with E-state index in [4.69, 9.17) is 0 Å². The van der Waals surface area contributed by atoms with Crippen molar-refractivity contribution >= 4 is 10.8 Å². The summed E-state index contributed by atoms with van der Waals surface area (Å²) in [6.07, 6.45) is 2.04. The Morgan fingerprint density at radius 1 is 1.00 bits per heavy atom. The molecule has 0 aliphatic heterocycles. The summed E-state index contributed by atoms with van der Waals surface area (Å²) >= 11 is 0. The minimum absolute atomic E-state index is 0.0220. The average molecular weight is 246 g/mol. The molecule has 0 amide bonds. The Bertz CT molecular complexity index is 589. The van der Waals surface area contributed by atoms with E-state index in [0.717, 1.165) is 16.5 Å². The van der Waals surface area contributed by atoms with Crippen LogP contribution in [0, 0.1) is 0 Å². The standard InChI is InChI=1S/C15H19NO2/c1-9(2)14-13-11(5-6-12(17)15(13)18)7-8-16(14)10(3)4/h5-10,17H,1-4H3/p+1. The fourth-order valence-corrected chi connectivity index (χ4v) is 2.41. The van der Waals surface area contributed by atoms with Crippen LogP contribution in [0.5, 0.6) is 11.5 Å². The van der Waals surface area contributed by atoms with Crippen LogP contribution in [0.3, 0.4) is 0 Å². The molecule has 0 spiro atoms. The van der Waals surface area contributed by atoms with Gasteiger partial charge in [0.1, 0.15) is 0 Å². The smallest absolute Gasteiger partial charge is 0.195 e. The lowest BCUT2D eigenvalue weighted by Crippen LogP contribution is -2.41. The Balaban J connectivity index is 2.92. The van der Waals surface area contributed by atoms with Crippen molar-refractivity contribution in [1.29, 1.82) is 0 Å². The minimum atomic E-state index is -0.0640. The number of fused-ring (bicyclic) bond motifs is 1. The van der Waals surface area contributed by atoms with Crippen molar-refractivity contribution in [2.75, 3.05) is 0 Å². The number of aromatic hydroxyl groups is 2. The number of pyridine rings is 1. The number of benzene rings is 1. The van der Waals surface area contributed by atoms with Gasteiger partial charge in [0.2, 0.25) is 0 Å². The lowest BCUT2D eigenvalue weighted by atomic mass is 9.99. The second kappa shape index (κ2) is 4.48. The molecule has 1 aromatic heterocycles. The Labute approximate surface area is 107 Å². The van der Waals surface area contributed by atoms with Crippen molar-refractivity contribution in [2.45, 2.75) is 39.7 Å². The molecule has 0 radical (unpaired) electrons. The third-order valence-corrected chi connectivity index (χ3v) is 3.24. The fourth-order valence-electron chi connectivity index (χ4n) is 2.41. The van der Waals surface area contributed by atoms with Gasteiger partial charge in [-0.15, -0.1) is 0 Å². The number of hydrogen-bond acceptors (Lipinski definition) is 2. The van der Waals surface area contributed by atoms with Crippen molar-refractivity contribution in [2.24, 2.45) is 0 Å². The second-order valence-corrected chi connectivity index (χ2v) is 5.25. The first-order valence-electron chi connectivity index (χ1n) is 6.32. The summed E-state index contributed by atoms with van der Waals surface area (Å²) in [5, 5.41) is 21.5. The monoisotopic (exact) mass is 246 g/mol. The van der Waals surface area contributed by atoms with Crippen molar-refractivity contribution in [3.63, 3.8) is 0 Å². The van der Waals surface area contributed by atoms with Crippen LogP contribution in [0.15, 0.2) is 24.4 Å². The highest BCUT2D eigenvalue weighted by Crippen LogP contribution is 2.36. The number of phenols is 2. The van der Waals surface area contributed by atoms with E-state index in [1.54, 1.807) is 0 Å². The lowest BCUT2D eigenvalue weighted by molar-refractivity contribution is -0.722. The second-order valence-electron chi connectivity index (χ2n) is 5.25. The Kier molecular flexibility index (Phi) is 3.16. The van der Waals surface area contributed by atoms with E-state index in [0.29, 0.717) is 6.04 Å². The molecule has 18 heavy (non-hydrogen) atoms. The molecular formula is C15H20NO2+. The topological polar surface area (TPSA) is 44.3 Å². The number of nitrogens with zero attached hydrogens (tertiary/aromatic N) is 1. The zero-order chi connectivity index (χ0) is 13.4. The van der Waals surface area contributed by atoms with Crippen LogP contribution >= 0.6 is 0 Å². The SMILES string of the molecule is CC(C)c1c2c(O)c(O)ccc2cc[n+]1C(C)C. The summed E-state index contributed by atoms with van der Waals surface area (Å²) in [6, 6.07) is 5.65. The minimum Gasteiger partial charge on any atom is -0.504 e. The zero-order valence-electron chi connectivity index (χ0n) is 11.3. The molecule has 1 aromatic carbocycles. The van der Waals surface area contributed by atoms with E-state index in [1.807, 2.05) is 18.3 Å². The number of hydrogen-bond donors (Lipinski definition) is 2. The predicted octanol–water partition coefficient (Wildman–Crippen LogP) is 3.24. The number of rotatable bonds is 2. The largest absolute Gasteiger partial charge is 0.504 e. The quantitative estimate of drug-likeness (QED) is 0.631. The molecule has 0 unspecified atom stereocenters. The number of phenolic OH excluding ortho intramolecular Hbond substituents is 2. The van der Waals surface area contributed by atoms with E-state index < -0.39 is 0 Å². The van der Waals surface area contributed by atoms with Crippen LogP contribution in [0.1, 0.15) is 45.3 Å². The average Bonchev–Trinajstić information content (AvgIpc) is 2.32. The van der Waals surface area contributed by atoms with Gasteiger partial charge in [-0.25, -0.2) is 0 Å². The molecule has 2 N–H and O–H groups in total. The summed E-state index contributed by atoms with van der Waals surface area (Å²) < 4.78 is 2.14. The molecule has 1 heterocycles. The van der Waals surface area contributed by atoms with Crippen molar-refractivity contribution in [1.82, 2.24) is 0 Å². The van der Waals surface area contributed by atoms with Crippen LogP contribution in [0.2, 0.25) is 0 Å². The van der Waals surface area contributed by atoms with Crippen molar-refractivity contribution in [3.8, 4) is 11.5 Å². The van der Waals surface area contributed by atoms with Crippen LogP contribution in [-0.2, 0) is 0 Å². The molecular weight excluding hydrogens is 226 g/mol.